The molecule has 110 valence electrons. The van der Waals surface area contributed by atoms with E-state index in [0.29, 0.717) is 17.3 Å². The number of fused-ring (bicyclic) bond motifs is 1. The van der Waals surface area contributed by atoms with E-state index in [1.165, 1.54) is 6.33 Å². The number of hydrogen-bond acceptors (Lipinski definition) is 8. The van der Waals surface area contributed by atoms with Crippen molar-refractivity contribution in [3.05, 3.63) is 12.0 Å². The Bertz CT molecular complexity index is 545. The molecule has 1 saturated heterocycles. The van der Waals surface area contributed by atoms with E-state index < -0.39 is 30.7 Å². The van der Waals surface area contributed by atoms with E-state index in [2.05, 4.69) is 15.3 Å². The van der Waals surface area contributed by atoms with Crippen LogP contribution in [0.4, 0.5) is 5.82 Å². The highest BCUT2D eigenvalue weighted by molar-refractivity contribution is 5.95. The molecule has 2 aliphatic heterocycles. The predicted octanol–water partition coefficient (Wildman–Crippen LogP) is -1.70. The molecule has 1 aromatic heterocycles. The van der Waals surface area contributed by atoms with Crippen LogP contribution in [0, 0.1) is 0 Å². The SMILES string of the molecule is CC1=NC(N)c2ncn([C@@H]3O[C@H](CO)C(O)[C@@H]3O)c2N1. The molecule has 6 N–H and O–H groups in total. The summed E-state index contributed by atoms with van der Waals surface area (Å²) < 4.78 is 7.02. The molecular formula is C11H17N5O4. The molecule has 0 saturated carbocycles. The van der Waals surface area contributed by atoms with Gasteiger partial charge in [-0.05, 0) is 6.92 Å². The minimum absolute atomic E-state index is 0.376. The molecule has 9 heteroatoms. The van der Waals surface area contributed by atoms with Crippen LogP contribution >= 0.6 is 0 Å². The summed E-state index contributed by atoms with van der Waals surface area (Å²) in [6, 6.07) is 0. The van der Waals surface area contributed by atoms with Crippen LogP contribution in [0.2, 0.25) is 0 Å². The molecule has 3 heterocycles. The summed E-state index contributed by atoms with van der Waals surface area (Å²) in [5.41, 5.74) is 6.40. The number of aromatic nitrogens is 2. The summed E-state index contributed by atoms with van der Waals surface area (Å²) in [6.45, 7) is 1.39. The van der Waals surface area contributed by atoms with E-state index in [1.54, 1.807) is 11.5 Å². The van der Waals surface area contributed by atoms with Gasteiger partial charge in [0.1, 0.15) is 41.8 Å². The van der Waals surface area contributed by atoms with Crippen molar-refractivity contribution in [2.75, 3.05) is 11.9 Å². The Hall–Kier alpha value is -1.52. The van der Waals surface area contributed by atoms with Gasteiger partial charge in [-0.3, -0.25) is 4.57 Å². The van der Waals surface area contributed by atoms with Gasteiger partial charge in [-0.25, -0.2) is 9.98 Å². The number of nitrogens with one attached hydrogen (secondary N) is 1. The van der Waals surface area contributed by atoms with Crippen molar-refractivity contribution in [1.82, 2.24) is 9.55 Å². The maximum absolute atomic E-state index is 10.0. The quantitative estimate of drug-likeness (QED) is 0.436. The highest BCUT2D eigenvalue weighted by atomic mass is 16.6. The van der Waals surface area contributed by atoms with Crippen molar-refractivity contribution in [3.8, 4) is 0 Å². The van der Waals surface area contributed by atoms with Gasteiger partial charge in [-0.2, -0.15) is 0 Å². The smallest absolute Gasteiger partial charge is 0.165 e. The summed E-state index contributed by atoms with van der Waals surface area (Å²) in [7, 11) is 0. The maximum atomic E-state index is 10.0. The van der Waals surface area contributed by atoms with Crippen LogP contribution in [0.25, 0.3) is 0 Å². The first-order chi connectivity index (χ1) is 9.52. The summed E-state index contributed by atoms with van der Waals surface area (Å²) >= 11 is 0. The van der Waals surface area contributed by atoms with Crippen molar-refractivity contribution in [2.45, 2.75) is 37.6 Å². The van der Waals surface area contributed by atoms with Gasteiger partial charge in [-0.1, -0.05) is 0 Å². The molecule has 1 fully saturated rings. The third kappa shape index (κ3) is 1.91. The molecule has 5 atom stereocenters. The highest BCUT2D eigenvalue weighted by Crippen LogP contribution is 2.35. The topological polar surface area (TPSA) is 138 Å². The third-order valence-corrected chi connectivity index (χ3v) is 3.53. The first-order valence-electron chi connectivity index (χ1n) is 6.29. The molecule has 1 aromatic rings. The largest absolute Gasteiger partial charge is 0.394 e. The summed E-state index contributed by atoms with van der Waals surface area (Å²) in [4.78, 5) is 8.30. The molecule has 2 unspecified atom stereocenters. The zero-order valence-corrected chi connectivity index (χ0v) is 10.8. The van der Waals surface area contributed by atoms with Crippen molar-refractivity contribution < 1.29 is 20.1 Å². The molecular weight excluding hydrogens is 266 g/mol. The molecule has 0 amide bonds. The lowest BCUT2D eigenvalue weighted by Gasteiger charge is -2.23. The minimum Gasteiger partial charge on any atom is -0.394 e. The third-order valence-electron chi connectivity index (χ3n) is 3.53. The lowest BCUT2D eigenvalue weighted by atomic mass is 10.1. The molecule has 0 aliphatic carbocycles. The van der Waals surface area contributed by atoms with E-state index in [0.717, 1.165) is 0 Å². The summed E-state index contributed by atoms with van der Waals surface area (Å²) in [6.07, 6.45) is -3.11. The average Bonchev–Trinajstić information content (AvgIpc) is 2.93. The second-order valence-corrected chi connectivity index (χ2v) is 4.90. The fourth-order valence-electron chi connectivity index (χ4n) is 2.50. The van der Waals surface area contributed by atoms with Crippen LogP contribution in [0.1, 0.15) is 25.0 Å². The highest BCUT2D eigenvalue weighted by Gasteiger charge is 2.44. The van der Waals surface area contributed by atoms with E-state index in [-0.39, 0.29) is 6.61 Å². The number of hydrogen-bond donors (Lipinski definition) is 5. The number of nitrogens with zero attached hydrogens (tertiary/aromatic N) is 3. The van der Waals surface area contributed by atoms with E-state index in [4.69, 9.17) is 15.6 Å². The lowest BCUT2D eigenvalue weighted by Crippen LogP contribution is -2.33. The fraction of sp³-hybridized carbons (Fsp3) is 0.636. The van der Waals surface area contributed by atoms with Crippen LogP contribution in [0.15, 0.2) is 11.3 Å². The van der Waals surface area contributed by atoms with E-state index >= 15 is 0 Å². The summed E-state index contributed by atoms with van der Waals surface area (Å²) in [5.74, 6) is 1.19. The van der Waals surface area contributed by atoms with Gasteiger partial charge in [0, 0.05) is 0 Å². The Morgan fingerprint density at radius 2 is 2.20 bits per heavy atom. The van der Waals surface area contributed by atoms with Gasteiger partial charge >= 0.3 is 0 Å². The monoisotopic (exact) mass is 283 g/mol. The van der Waals surface area contributed by atoms with Gasteiger partial charge in [0.25, 0.3) is 0 Å². The lowest BCUT2D eigenvalue weighted by molar-refractivity contribution is -0.0518. The molecule has 0 spiro atoms. The zero-order chi connectivity index (χ0) is 14.4. The Morgan fingerprint density at radius 3 is 2.85 bits per heavy atom. The number of aliphatic hydroxyl groups is 3. The molecule has 0 aromatic carbocycles. The maximum Gasteiger partial charge on any atom is 0.165 e. The van der Waals surface area contributed by atoms with Crippen molar-refractivity contribution in [1.29, 1.82) is 0 Å². The second kappa shape index (κ2) is 4.79. The van der Waals surface area contributed by atoms with Crippen molar-refractivity contribution in [2.24, 2.45) is 10.7 Å². The number of anilines is 1. The number of aliphatic hydroxyl groups excluding tert-OH is 3. The molecule has 3 rings (SSSR count). The minimum atomic E-state index is -1.16. The van der Waals surface area contributed by atoms with E-state index in [9.17, 15) is 10.2 Å². The number of nitrogens with two attached hydrogens (primary N) is 1. The van der Waals surface area contributed by atoms with Crippen LogP contribution < -0.4 is 11.1 Å². The van der Waals surface area contributed by atoms with E-state index in [1.807, 2.05) is 0 Å². The molecule has 0 bridgehead atoms. The first kappa shape index (κ1) is 13.5. The second-order valence-electron chi connectivity index (χ2n) is 4.90. The van der Waals surface area contributed by atoms with Crippen LogP contribution in [-0.2, 0) is 4.74 Å². The average molecular weight is 283 g/mol. The fourth-order valence-corrected chi connectivity index (χ4v) is 2.50. The summed E-state index contributed by atoms with van der Waals surface area (Å²) in [5, 5.41) is 32.0. The molecule has 20 heavy (non-hydrogen) atoms. The number of rotatable bonds is 2. The van der Waals surface area contributed by atoms with Gasteiger partial charge < -0.3 is 31.1 Å². The van der Waals surface area contributed by atoms with Crippen molar-refractivity contribution >= 4 is 11.7 Å². The van der Waals surface area contributed by atoms with Crippen LogP contribution in [-0.4, -0.2) is 55.6 Å². The normalized spacial score (nSPS) is 36.5. The van der Waals surface area contributed by atoms with Crippen molar-refractivity contribution in [3.63, 3.8) is 0 Å². The predicted molar refractivity (Wildman–Crippen MR) is 68.9 cm³/mol. The molecule has 2 aliphatic rings. The van der Waals surface area contributed by atoms with Gasteiger partial charge in [0.15, 0.2) is 6.23 Å². The Kier molecular flexibility index (Phi) is 3.22. The molecule has 0 radical (unpaired) electrons. The van der Waals surface area contributed by atoms with Crippen LogP contribution in [0.5, 0.6) is 0 Å². The Balaban J connectivity index is 1.94. The molecule has 9 nitrogen and oxygen atoms in total. The Labute approximate surface area is 114 Å². The van der Waals surface area contributed by atoms with Crippen LogP contribution in [0.3, 0.4) is 0 Å². The number of amidine groups is 1. The number of imidazole rings is 1. The number of aliphatic imine (C=N–C) groups is 1. The van der Waals surface area contributed by atoms with Gasteiger partial charge in [-0.15, -0.1) is 0 Å². The van der Waals surface area contributed by atoms with Gasteiger partial charge in [0.05, 0.1) is 12.9 Å². The standard InChI is InChI=1S/C11H17N5O4/c1-4-14-9(12)6-10(15-4)16(3-13-6)11-8(19)7(18)5(2-17)20-11/h3,5,7-9,11,17-19H,2,12H2,1H3,(H,14,15)/t5-,7?,8+,9?,11-/m1/s1. The first-order valence-corrected chi connectivity index (χ1v) is 6.29. The number of ether oxygens (including phenoxy) is 1. The Morgan fingerprint density at radius 1 is 1.45 bits per heavy atom. The zero-order valence-electron chi connectivity index (χ0n) is 10.8. The van der Waals surface area contributed by atoms with Gasteiger partial charge in [0.2, 0.25) is 0 Å².